The van der Waals surface area contributed by atoms with Crippen LogP contribution in [0.5, 0.6) is 0 Å². The van der Waals surface area contributed by atoms with Crippen LogP contribution in [0.15, 0.2) is 23.8 Å². The summed E-state index contributed by atoms with van der Waals surface area (Å²) in [6.45, 7) is 5.40. The van der Waals surface area contributed by atoms with Gasteiger partial charge in [-0.2, -0.15) is 0 Å². The van der Waals surface area contributed by atoms with Gasteiger partial charge in [-0.15, -0.1) is 0 Å². The summed E-state index contributed by atoms with van der Waals surface area (Å²) in [7, 11) is 0. The van der Waals surface area contributed by atoms with E-state index in [0.717, 1.165) is 0 Å². The van der Waals surface area contributed by atoms with Gasteiger partial charge in [0.05, 0.1) is 18.1 Å². The van der Waals surface area contributed by atoms with Crippen LogP contribution in [0.1, 0.15) is 27.7 Å². The van der Waals surface area contributed by atoms with Crippen LogP contribution in [0.4, 0.5) is 0 Å². The highest BCUT2D eigenvalue weighted by molar-refractivity contribution is 5.77. The number of allylic oxidation sites excluding steroid dienone is 3. The molecule has 2 rings (SSSR count). The molecule has 2 aliphatic rings. The third kappa shape index (κ3) is 6.14. The molecule has 0 amide bonds. The molecule has 208 valence electrons. The van der Waals surface area contributed by atoms with Crippen molar-refractivity contribution in [2.75, 3.05) is 6.61 Å². The molecule has 0 bridgehead atoms. The van der Waals surface area contributed by atoms with Crippen molar-refractivity contribution < 1.29 is 65.0 Å². The minimum atomic E-state index is -1.93. The lowest BCUT2D eigenvalue weighted by molar-refractivity contribution is -0.340. The van der Waals surface area contributed by atoms with E-state index in [1.807, 2.05) is 0 Å². The van der Waals surface area contributed by atoms with E-state index in [1.165, 1.54) is 13.8 Å². The maximum atomic E-state index is 12.9. The molecule has 0 aromatic carbocycles. The Balaban J connectivity index is 2.17. The number of aliphatic hydroxyl groups excluding tert-OH is 9. The van der Waals surface area contributed by atoms with Crippen LogP contribution in [0.2, 0.25) is 0 Å². The number of carbonyl (C=O) groups is 1. The van der Waals surface area contributed by atoms with E-state index in [1.54, 1.807) is 32.1 Å². The number of hydrogen-bond acceptors (Lipinski definition) is 13. The first-order valence-electron chi connectivity index (χ1n) is 11.6. The maximum absolute atomic E-state index is 12.9. The molecule has 10 atom stereocenters. The SMILES string of the molecule is C/C=C/C=C(\C)C(O)C(C)(C)C(=O)OC1C(CO)OC(OC2C(O)C(O)C(O)C(O)C2O)C(O)C1O. The summed E-state index contributed by atoms with van der Waals surface area (Å²) in [6, 6.07) is 0. The number of aliphatic hydroxyl groups is 9. The van der Waals surface area contributed by atoms with Gasteiger partial charge in [0.2, 0.25) is 0 Å². The van der Waals surface area contributed by atoms with Crippen molar-refractivity contribution in [3.63, 3.8) is 0 Å². The average Bonchev–Trinajstić information content (AvgIpc) is 2.85. The quantitative estimate of drug-likeness (QED) is 0.111. The summed E-state index contributed by atoms with van der Waals surface area (Å²) in [6.07, 6.45) is -16.1. The van der Waals surface area contributed by atoms with Gasteiger partial charge in [-0.1, -0.05) is 18.2 Å². The highest BCUT2D eigenvalue weighted by Gasteiger charge is 2.54. The van der Waals surface area contributed by atoms with E-state index in [9.17, 15) is 50.8 Å². The van der Waals surface area contributed by atoms with Crippen molar-refractivity contribution in [1.82, 2.24) is 0 Å². The highest BCUT2D eigenvalue weighted by atomic mass is 16.7. The van der Waals surface area contributed by atoms with Crippen LogP contribution in [0, 0.1) is 5.41 Å². The summed E-state index contributed by atoms with van der Waals surface area (Å²) in [4.78, 5) is 12.9. The normalized spacial score (nSPS) is 41.4. The van der Waals surface area contributed by atoms with Crippen molar-refractivity contribution in [3.05, 3.63) is 23.8 Å². The Labute approximate surface area is 208 Å². The summed E-state index contributed by atoms with van der Waals surface area (Å²) in [5.41, 5.74) is -1.04. The summed E-state index contributed by atoms with van der Waals surface area (Å²) in [5, 5.41) is 91.3. The maximum Gasteiger partial charge on any atom is 0.314 e. The molecule has 0 spiro atoms. The Bertz CT molecular complexity index is 781. The minimum absolute atomic E-state index is 0.460. The molecule has 10 unspecified atom stereocenters. The van der Waals surface area contributed by atoms with E-state index >= 15 is 0 Å². The van der Waals surface area contributed by atoms with Gasteiger partial charge in [-0.25, -0.2) is 0 Å². The van der Waals surface area contributed by atoms with Crippen molar-refractivity contribution in [2.45, 2.75) is 101 Å². The summed E-state index contributed by atoms with van der Waals surface area (Å²) >= 11 is 0. The Kier molecular flexibility index (Phi) is 10.6. The van der Waals surface area contributed by atoms with Gasteiger partial charge in [0.1, 0.15) is 54.9 Å². The molecule has 0 aromatic heterocycles. The lowest BCUT2D eigenvalue weighted by Crippen LogP contribution is -2.67. The second-order valence-electron chi connectivity index (χ2n) is 9.69. The fourth-order valence-corrected chi connectivity index (χ4v) is 4.12. The zero-order chi connectivity index (χ0) is 27.5. The van der Waals surface area contributed by atoms with Gasteiger partial charge in [-0.05, 0) is 33.3 Å². The first-order valence-corrected chi connectivity index (χ1v) is 11.6. The van der Waals surface area contributed by atoms with Crippen LogP contribution in [-0.2, 0) is 19.0 Å². The first-order chi connectivity index (χ1) is 16.7. The second-order valence-corrected chi connectivity index (χ2v) is 9.69. The van der Waals surface area contributed by atoms with E-state index in [0.29, 0.717) is 5.57 Å². The molecule has 1 heterocycles. The second kappa shape index (κ2) is 12.4. The number of carbonyl (C=O) groups excluding carboxylic acids is 1. The Hall–Kier alpha value is -1.49. The zero-order valence-corrected chi connectivity index (χ0v) is 20.5. The summed E-state index contributed by atoms with van der Waals surface area (Å²) < 4.78 is 16.1. The molecular formula is C23H38O13. The molecule has 1 saturated heterocycles. The highest BCUT2D eigenvalue weighted by Crippen LogP contribution is 2.33. The van der Waals surface area contributed by atoms with Gasteiger partial charge in [0.25, 0.3) is 0 Å². The summed E-state index contributed by atoms with van der Waals surface area (Å²) in [5.74, 6) is -0.959. The molecule has 36 heavy (non-hydrogen) atoms. The molecule has 13 heteroatoms. The molecule has 0 aromatic rings. The van der Waals surface area contributed by atoms with Crippen LogP contribution in [0.25, 0.3) is 0 Å². The zero-order valence-electron chi connectivity index (χ0n) is 20.5. The molecular weight excluding hydrogens is 484 g/mol. The molecule has 1 aliphatic heterocycles. The molecule has 1 saturated carbocycles. The fraction of sp³-hybridized carbons (Fsp3) is 0.783. The molecule has 2 fully saturated rings. The predicted molar refractivity (Wildman–Crippen MR) is 121 cm³/mol. The largest absolute Gasteiger partial charge is 0.456 e. The number of esters is 1. The van der Waals surface area contributed by atoms with Gasteiger partial charge in [0.15, 0.2) is 12.4 Å². The fourth-order valence-electron chi connectivity index (χ4n) is 4.12. The van der Waals surface area contributed by atoms with Crippen LogP contribution < -0.4 is 0 Å². The molecule has 13 nitrogen and oxygen atoms in total. The molecule has 1 aliphatic carbocycles. The molecule has 0 radical (unpaired) electrons. The van der Waals surface area contributed by atoms with E-state index in [2.05, 4.69) is 0 Å². The Morgan fingerprint density at radius 1 is 0.917 bits per heavy atom. The number of ether oxygens (including phenoxy) is 3. The Morgan fingerprint density at radius 2 is 1.42 bits per heavy atom. The average molecular weight is 523 g/mol. The van der Waals surface area contributed by atoms with E-state index < -0.39 is 91.4 Å². The first kappa shape index (κ1) is 30.7. The lowest BCUT2D eigenvalue weighted by Gasteiger charge is -2.46. The van der Waals surface area contributed by atoms with Crippen molar-refractivity contribution in [3.8, 4) is 0 Å². The van der Waals surface area contributed by atoms with Crippen molar-refractivity contribution in [2.24, 2.45) is 5.41 Å². The predicted octanol–water partition coefficient (Wildman–Crippen LogP) is -3.55. The smallest absolute Gasteiger partial charge is 0.314 e. The van der Waals surface area contributed by atoms with Crippen LogP contribution in [0.3, 0.4) is 0 Å². The third-order valence-corrected chi connectivity index (χ3v) is 6.62. The van der Waals surface area contributed by atoms with Crippen LogP contribution in [-0.4, -0.2) is 132 Å². The molecule has 9 N–H and O–H groups in total. The van der Waals surface area contributed by atoms with Gasteiger partial charge in [0, 0.05) is 0 Å². The number of hydrogen-bond donors (Lipinski definition) is 9. The van der Waals surface area contributed by atoms with Gasteiger partial charge in [-0.3, -0.25) is 4.79 Å². The minimum Gasteiger partial charge on any atom is -0.456 e. The number of rotatable bonds is 8. The lowest BCUT2D eigenvalue weighted by atomic mass is 9.82. The standard InChI is InChI=1S/C23H38O13/c1-5-6-7-9(2)20(32)23(3,4)22(33)36-18-10(8-24)34-21(17(31)16(18)30)35-19-14(28)12(26)11(25)13(27)15(19)29/h5-7,10-21,24-32H,8H2,1-4H3/b6-5+,9-7+. The monoisotopic (exact) mass is 522 g/mol. The third-order valence-electron chi connectivity index (χ3n) is 6.62. The topological polar surface area (TPSA) is 227 Å². The Morgan fingerprint density at radius 3 is 1.92 bits per heavy atom. The van der Waals surface area contributed by atoms with E-state index in [-0.39, 0.29) is 0 Å². The van der Waals surface area contributed by atoms with Crippen LogP contribution >= 0.6 is 0 Å². The van der Waals surface area contributed by atoms with Gasteiger partial charge < -0.3 is 60.2 Å². The van der Waals surface area contributed by atoms with Crippen molar-refractivity contribution in [1.29, 1.82) is 0 Å². The van der Waals surface area contributed by atoms with Gasteiger partial charge >= 0.3 is 5.97 Å². The van der Waals surface area contributed by atoms with Crippen molar-refractivity contribution >= 4 is 5.97 Å². The van der Waals surface area contributed by atoms with E-state index in [4.69, 9.17) is 14.2 Å².